The Labute approximate surface area is 147 Å². The average molecular weight is 344 g/mol. The highest BCUT2D eigenvalue weighted by atomic mass is 16.5. The lowest BCUT2D eigenvalue weighted by molar-refractivity contribution is -0.0594. The van der Waals surface area contributed by atoms with Crippen LogP contribution in [0.15, 0.2) is 34.9 Å². The van der Waals surface area contributed by atoms with E-state index in [1.807, 2.05) is 25.1 Å². The molecule has 3 heterocycles. The Bertz CT molecular complexity index is 747. The van der Waals surface area contributed by atoms with E-state index in [-0.39, 0.29) is 5.92 Å². The molecule has 6 nitrogen and oxygen atoms in total. The molecule has 2 aliphatic heterocycles. The van der Waals surface area contributed by atoms with Gasteiger partial charge in [-0.1, -0.05) is 17.3 Å². The van der Waals surface area contributed by atoms with Gasteiger partial charge in [-0.15, -0.1) is 0 Å². The summed E-state index contributed by atoms with van der Waals surface area (Å²) in [5.74, 6) is 1.94. The fourth-order valence-corrected chi connectivity index (χ4v) is 4.05. The SMILES string of the molecule is COc1cccc([C@H]2CO[C@]3(C2)CN(Cc2cc(C)on2)C[C@H]3O)c1. The summed E-state index contributed by atoms with van der Waals surface area (Å²) in [4.78, 5) is 2.19. The number of aliphatic hydroxyl groups is 1. The predicted molar refractivity (Wildman–Crippen MR) is 91.6 cm³/mol. The number of rotatable bonds is 4. The van der Waals surface area contributed by atoms with Crippen molar-refractivity contribution in [3.63, 3.8) is 0 Å². The third-order valence-corrected chi connectivity index (χ3v) is 5.32. The number of hydrogen-bond donors (Lipinski definition) is 1. The van der Waals surface area contributed by atoms with Gasteiger partial charge in [0.25, 0.3) is 0 Å². The molecule has 1 aromatic carbocycles. The lowest BCUT2D eigenvalue weighted by Crippen LogP contribution is -2.41. The van der Waals surface area contributed by atoms with Gasteiger partial charge < -0.3 is 19.1 Å². The van der Waals surface area contributed by atoms with Crippen molar-refractivity contribution in [2.75, 3.05) is 26.8 Å². The molecule has 0 aliphatic carbocycles. The molecule has 0 bridgehead atoms. The fraction of sp³-hybridized carbons (Fsp3) is 0.526. The van der Waals surface area contributed by atoms with Crippen molar-refractivity contribution in [1.82, 2.24) is 10.1 Å². The van der Waals surface area contributed by atoms with Gasteiger partial charge in [0.1, 0.15) is 17.1 Å². The Morgan fingerprint density at radius 3 is 3.04 bits per heavy atom. The molecule has 2 saturated heterocycles. The van der Waals surface area contributed by atoms with Gasteiger partial charge in [0.15, 0.2) is 0 Å². The first-order chi connectivity index (χ1) is 12.1. The van der Waals surface area contributed by atoms with Crippen LogP contribution in [-0.4, -0.2) is 53.7 Å². The molecular weight excluding hydrogens is 320 g/mol. The van der Waals surface area contributed by atoms with Crippen LogP contribution < -0.4 is 4.74 Å². The number of aryl methyl sites for hydroxylation is 1. The van der Waals surface area contributed by atoms with Crippen molar-refractivity contribution in [3.05, 3.63) is 47.3 Å². The zero-order valence-electron chi connectivity index (χ0n) is 14.6. The summed E-state index contributed by atoms with van der Waals surface area (Å²) in [6.45, 7) is 4.48. The van der Waals surface area contributed by atoms with Crippen molar-refractivity contribution in [2.45, 2.75) is 37.5 Å². The number of aromatic nitrogens is 1. The smallest absolute Gasteiger partial charge is 0.133 e. The Kier molecular flexibility index (Phi) is 4.27. The first-order valence-electron chi connectivity index (χ1n) is 8.68. The standard InChI is InChI=1S/C19H24N2O4/c1-13-6-16(20-25-13)9-21-10-18(22)19(12-21)8-15(11-24-19)14-4-3-5-17(7-14)23-2/h3-7,15,18,22H,8-12H2,1-2H3/t15-,18-,19-/m1/s1. The second-order valence-corrected chi connectivity index (χ2v) is 7.17. The molecule has 25 heavy (non-hydrogen) atoms. The second-order valence-electron chi connectivity index (χ2n) is 7.17. The van der Waals surface area contributed by atoms with Gasteiger partial charge in [-0.25, -0.2) is 0 Å². The van der Waals surface area contributed by atoms with E-state index in [9.17, 15) is 5.11 Å². The Balaban J connectivity index is 1.45. The minimum Gasteiger partial charge on any atom is -0.497 e. The van der Waals surface area contributed by atoms with Crippen molar-refractivity contribution in [3.8, 4) is 5.75 Å². The molecule has 6 heteroatoms. The molecule has 1 N–H and O–H groups in total. The van der Waals surface area contributed by atoms with E-state index >= 15 is 0 Å². The third-order valence-electron chi connectivity index (χ3n) is 5.32. The maximum Gasteiger partial charge on any atom is 0.133 e. The van der Waals surface area contributed by atoms with E-state index in [2.05, 4.69) is 22.2 Å². The van der Waals surface area contributed by atoms with E-state index in [1.54, 1.807) is 7.11 Å². The van der Waals surface area contributed by atoms with Crippen LogP contribution in [0.3, 0.4) is 0 Å². The van der Waals surface area contributed by atoms with Crippen molar-refractivity contribution < 1.29 is 19.1 Å². The van der Waals surface area contributed by atoms with E-state index in [4.69, 9.17) is 14.0 Å². The maximum atomic E-state index is 10.7. The molecule has 1 spiro atoms. The van der Waals surface area contributed by atoms with Crippen LogP contribution in [0.5, 0.6) is 5.75 Å². The molecule has 0 radical (unpaired) electrons. The monoisotopic (exact) mass is 344 g/mol. The molecular formula is C19H24N2O4. The molecule has 0 saturated carbocycles. The van der Waals surface area contributed by atoms with Gasteiger partial charge in [0.05, 0.1) is 25.5 Å². The Hall–Kier alpha value is -1.89. The molecule has 134 valence electrons. The first-order valence-corrected chi connectivity index (χ1v) is 8.68. The summed E-state index contributed by atoms with van der Waals surface area (Å²) in [6.07, 6.45) is 0.325. The second kappa shape index (κ2) is 6.44. The minimum absolute atomic E-state index is 0.277. The van der Waals surface area contributed by atoms with Crippen LogP contribution >= 0.6 is 0 Å². The van der Waals surface area contributed by atoms with Gasteiger partial charge >= 0.3 is 0 Å². The highest BCUT2D eigenvalue weighted by Gasteiger charge is 2.52. The summed E-state index contributed by atoms with van der Waals surface area (Å²) < 4.78 is 16.6. The average Bonchev–Trinajstić information content (AvgIpc) is 3.29. The van der Waals surface area contributed by atoms with E-state index in [1.165, 1.54) is 5.56 Å². The van der Waals surface area contributed by atoms with Gasteiger partial charge in [0.2, 0.25) is 0 Å². The minimum atomic E-state index is -0.494. The van der Waals surface area contributed by atoms with Gasteiger partial charge in [-0.2, -0.15) is 0 Å². The number of benzene rings is 1. The topological polar surface area (TPSA) is 68.0 Å². The number of nitrogens with zero attached hydrogens (tertiary/aromatic N) is 2. The highest BCUT2D eigenvalue weighted by Crippen LogP contribution is 2.43. The highest BCUT2D eigenvalue weighted by molar-refractivity contribution is 5.32. The molecule has 2 fully saturated rings. The number of likely N-dealkylation sites (tertiary alicyclic amines) is 1. The van der Waals surface area contributed by atoms with Gasteiger partial charge in [-0.05, 0) is 31.0 Å². The zero-order chi connectivity index (χ0) is 17.4. The quantitative estimate of drug-likeness (QED) is 0.916. The Morgan fingerprint density at radius 1 is 1.40 bits per heavy atom. The molecule has 4 rings (SSSR count). The van der Waals surface area contributed by atoms with E-state index in [0.29, 0.717) is 26.2 Å². The van der Waals surface area contributed by atoms with Gasteiger partial charge in [-0.3, -0.25) is 4.90 Å². The number of β-amino-alcohol motifs (C(OH)–C–C–N with tert-alkyl or cyclic N) is 1. The fourth-order valence-electron chi connectivity index (χ4n) is 4.05. The van der Waals surface area contributed by atoms with Crippen LogP contribution in [0.25, 0.3) is 0 Å². The molecule has 2 aliphatic rings. The maximum absolute atomic E-state index is 10.7. The summed E-state index contributed by atoms with van der Waals surface area (Å²) in [6, 6.07) is 10.0. The lowest BCUT2D eigenvalue weighted by Gasteiger charge is -2.26. The summed E-state index contributed by atoms with van der Waals surface area (Å²) in [5.41, 5.74) is 1.60. The third kappa shape index (κ3) is 3.17. The van der Waals surface area contributed by atoms with Crippen LogP contribution in [0.1, 0.15) is 29.4 Å². The molecule has 1 aromatic heterocycles. The van der Waals surface area contributed by atoms with Crippen LogP contribution in [-0.2, 0) is 11.3 Å². The predicted octanol–water partition coefficient (Wildman–Crippen LogP) is 2.11. The Morgan fingerprint density at radius 2 is 2.28 bits per heavy atom. The van der Waals surface area contributed by atoms with E-state index in [0.717, 1.165) is 23.6 Å². The van der Waals surface area contributed by atoms with Crippen molar-refractivity contribution >= 4 is 0 Å². The molecule has 0 amide bonds. The van der Waals surface area contributed by atoms with E-state index < -0.39 is 11.7 Å². The van der Waals surface area contributed by atoms with Gasteiger partial charge in [0, 0.05) is 31.6 Å². The molecule has 2 aromatic rings. The van der Waals surface area contributed by atoms with Crippen molar-refractivity contribution in [2.24, 2.45) is 0 Å². The van der Waals surface area contributed by atoms with Crippen LogP contribution in [0.2, 0.25) is 0 Å². The summed E-state index contributed by atoms with van der Waals surface area (Å²) in [5, 5.41) is 14.7. The summed E-state index contributed by atoms with van der Waals surface area (Å²) >= 11 is 0. The number of ether oxygens (including phenoxy) is 2. The summed E-state index contributed by atoms with van der Waals surface area (Å²) in [7, 11) is 1.68. The molecule has 0 unspecified atom stereocenters. The molecule has 3 atom stereocenters. The van der Waals surface area contributed by atoms with Crippen LogP contribution in [0.4, 0.5) is 0 Å². The lowest BCUT2D eigenvalue weighted by atomic mass is 9.87. The zero-order valence-corrected chi connectivity index (χ0v) is 14.6. The number of hydrogen-bond acceptors (Lipinski definition) is 6. The number of methoxy groups -OCH3 is 1. The first kappa shape index (κ1) is 16.6. The number of aliphatic hydroxyl groups excluding tert-OH is 1. The van der Waals surface area contributed by atoms with Crippen LogP contribution in [0, 0.1) is 6.92 Å². The normalized spacial score (nSPS) is 29.6. The largest absolute Gasteiger partial charge is 0.497 e. The van der Waals surface area contributed by atoms with Crippen molar-refractivity contribution in [1.29, 1.82) is 0 Å².